The van der Waals surface area contributed by atoms with Crippen LogP contribution in [-0.4, -0.2) is 17.7 Å². The Morgan fingerprint density at radius 3 is 3.07 bits per heavy atom. The summed E-state index contributed by atoms with van der Waals surface area (Å²) in [6.45, 7) is 1.16. The lowest BCUT2D eigenvalue weighted by Gasteiger charge is -2.05. The third kappa shape index (κ3) is 1.69. The van der Waals surface area contributed by atoms with E-state index in [1.807, 2.05) is 0 Å². The van der Waals surface area contributed by atoms with E-state index in [2.05, 4.69) is 16.5 Å². The zero-order valence-corrected chi connectivity index (χ0v) is 8.33. The minimum absolute atomic E-state index is 0.620. The Morgan fingerprint density at radius 1 is 1.43 bits per heavy atom. The molecule has 1 aliphatic heterocycles. The Bertz CT molecular complexity index is 311. The maximum atomic E-state index is 5.34. The van der Waals surface area contributed by atoms with Gasteiger partial charge < -0.3 is 9.84 Å². The quantitative estimate of drug-likeness (QED) is 0.794. The Kier molecular flexibility index (Phi) is 2.05. The lowest BCUT2D eigenvalue weighted by atomic mass is 10.1. The van der Waals surface area contributed by atoms with Gasteiger partial charge >= 0.3 is 0 Å². The second-order valence-corrected chi connectivity index (χ2v) is 4.49. The zero-order valence-electron chi connectivity index (χ0n) is 8.33. The highest BCUT2D eigenvalue weighted by Gasteiger charge is 2.27. The number of nitrogens with one attached hydrogen (secondary N) is 1. The summed E-state index contributed by atoms with van der Waals surface area (Å²) in [6.07, 6.45) is 6.19. The summed E-state index contributed by atoms with van der Waals surface area (Å²) in [5, 5.41) is 7.59. The van der Waals surface area contributed by atoms with Crippen LogP contribution in [0.1, 0.15) is 43.1 Å². The van der Waals surface area contributed by atoms with Crippen molar-refractivity contribution in [1.82, 2.24) is 10.5 Å². The SMILES string of the molecule is c1c(C2CC2)noc1CC1CCCN1. The molecule has 0 spiro atoms. The average Bonchev–Trinajstić information content (AvgIpc) is 2.75. The minimum Gasteiger partial charge on any atom is -0.361 e. The third-order valence-electron chi connectivity index (χ3n) is 3.18. The fraction of sp³-hybridized carbons (Fsp3) is 0.727. The monoisotopic (exact) mass is 192 g/mol. The summed E-state index contributed by atoms with van der Waals surface area (Å²) in [4.78, 5) is 0. The first-order chi connectivity index (χ1) is 6.92. The van der Waals surface area contributed by atoms with Gasteiger partial charge in [0.15, 0.2) is 0 Å². The van der Waals surface area contributed by atoms with Gasteiger partial charge in [-0.1, -0.05) is 5.16 Å². The fourth-order valence-electron chi connectivity index (χ4n) is 2.17. The molecule has 3 heteroatoms. The standard InChI is InChI=1S/C11H16N2O/c1-2-9(12-5-1)6-10-7-11(13-14-10)8-3-4-8/h7-9,12H,1-6H2. The predicted molar refractivity (Wildman–Crippen MR) is 53.2 cm³/mol. The van der Waals surface area contributed by atoms with E-state index >= 15 is 0 Å². The van der Waals surface area contributed by atoms with Crippen molar-refractivity contribution >= 4 is 0 Å². The molecule has 14 heavy (non-hydrogen) atoms. The number of rotatable bonds is 3. The van der Waals surface area contributed by atoms with Crippen LogP contribution in [0.2, 0.25) is 0 Å². The van der Waals surface area contributed by atoms with E-state index in [4.69, 9.17) is 4.52 Å². The topological polar surface area (TPSA) is 38.1 Å². The molecule has 0 aromatic carbocycles. The van der Waals surface area contributed by atoms with Gasteiger partial charge in [0.1, 0.15) is 5.76 Å². The fourth-order valence-corrected chi connectivity index (χ4v) is 2.17. The van der Waals surface area contributed by atoms with Crippen molar-refractivity contribution in [3.63, 3.8) is 0 Å². The van der Waals surface area contributed by atoms with Crippen LogP contribution in [-0.2, 0) is 6.42 Å². The van der Waals surface area contributed by atoms with Gasteiger partial charge in [-0.05, 0) is 32.2 Å². The molecule has 1 atom stereocenters. The molecular weight excluding hydrogens is 176 g/mol. The van der Waals surface area contributed by atoms with Gasteiger partial charge in [-0.3, -0.25) is 0 Å². The molecule has 3 nitrogen and oxygen atoms in total. The van der Waals surface area contributed by atoms with Crippen LogP contribution in [0.15, 0.2) is 10.6 Å². The summed E-state index contributed by atoms with van der Waals surface area (Å²) < 4.78 is 5.34. The molecular formula is C11H16N2O. The lowest BCUT2D eigenvalue weighted by Crippen LogP contribution is -2.23. The van der Waals surface area contributed by atoms with Crippen LogP contribution in [0.4, 0.5) is 0 Å². The van der Waals surface area contributed by atoms with E-state index in [0.29, 0.717) is 12.0 Å². The molecule has 2 fully saturated rings. The number of nitrogens with zero attached hydrogens (tertiary/aromatic N) is 1. The summed E-state index contributed by atoms with van der Waals surface area (Å²) >= 11 is 0. The van der Waals surface area contributed by atoms with Crippen LogP contribution >= 0.6 is 0 Å². The molecule has 1 N–H and O–H groups in total. The van der Waals surface area contributed by atoms with Crippen molar-refractivity contribution < 1.29 is 4.52 Å². The largest absolute Gasteiger partial charge is 0.361 e. The second kappa shape index (κ2) is 3.39. The first kappa shape index (κ1) is 8.48. The smallest absolute Gasteiger partial charge is 0.138 e. The Hall–Kier alpha value is -0.830. The normalized spacial score (nSPS) is 27.0. The molecule has 1 saturated heterocycles. The first-order valence-electron chi connectivity index (χ1n) is 5.61. The van der Waals surface area contributed by atoms with E-state index < -0.39 is 0 Å². The second-order valence-electron chi connectivity index (χ2n) is 4.49. The molecule has 1 aromatic heterocycles. The van der Waals surface area contributed by atoms with Crippen molar-refractivity contribution in [3.05, 3.63) is 17.5 Å². The summed E-state index contributed by atoms with van der Waals surface area (Å²) in [6, 6.07) is 2.77. The molecule has 1 saturated carbocycles. The molecule has 1 aromatic rings. The highest BCUT2D eigenvalue weighted by Crippen LogP contribution is 2.39. The first-order valence-corrected chi connectivity index (χ1v) is 5.61. The molecule has 2 heterocycles. The predicted octanol–water partition coefficient (Wildman–Crippen LogP) is 1.85. The van der Waals surface area contributed by atoms with Crippen LogP contribution in [0, 0.1) is 0 Å². The number of hydrogen-bond acceptors (Lipinski definition) is 3. The van der Waals surface area contributed by atoms with E-state index in [1.165, 1.54) is 31.4 Å². The van der Waals surface area contributed by atoms with Gasteiger partial charge in [0.05, 0.1) is 5.69 Å². The van der Waals surface area contributed by atoms with Crippen molar-refractivity contribution in [2.45, 2.75) is 44.1 Å². The van der Waals surface area contributed by atoms with Crippen LogP contribution in [0.25, 0.3) is 0 Å². The molecule has 0 bridgehead atoms. The molecule has 0 radical (unpaired) electrons. The summed E-state index contributed by atoms with van der Waals surface area (Å²) in [5.41, 5.74) is 1.18. The van der Waals surface area contributed by atoms with Gasteiger partial charge in [-0.25, -0.2) is 0 Å². The molecule has 76 valence electrons. The van der Waals surface area contributed by atoms with E-state index in [9.17, 15) is 0 Å². The van der Waals surface area contributed by atoms with Gasteiger partial charge in [0.2, 0.25) is 0 Å². The van der Waals surface area contributed by atoms with E-state index in [-0.39, 0.29) is 0 Å². The van der Waals surface area contributed by atoms with E-state index in [1.54, 1.807) is 0 Å². The van der Waals surface area contributed by atoms with Gasteiger partial charge in [-0.2, -0.15) is 0 Å². The van der Waals surface area contributed by atoms with Crippen molar-refractivity contribution in [2.75, 3.05) is 6.54 Å². The van der Waals surface area contributed by atoms with Crippen molar-refractivity contribution in [1.29, 1.82) is 0 Å². The van der Waals surface area contributed by atoms with Gasteiger partial charge in [0.25, 0.3) is 0 Å². The average molecular weight is 192 g/mol. The third-order valence-corrected chi connectivity index (χ3v) is 3.18. The molecule has 1 aliphatic carbocycles. The van der Waals surface area contributed by atoms with Crippen molar-refractivity contribution in [2.24, 2.45) is 0 Å². The zero-order chi connectivity index (χ0) is 9.38. The summed E-state index contributed by atoms with van der Waals surface area (Å²) in [5.74, 6) is 1.77. The number of hydrogen-bond donors (Lipinski definition) is 1. The lowest BCUT2D eigenvalue weighted by molar-refractivity contribution is 0.364. The Labute approximate surface area is 83.9 Å². The van der Waals surface area contributed by atoms with Gasteiger partial charge in [0, 0.05) is 24.4 Å². The summed E-state index contributed by atoms with van der Waals surface area (Å²) in [7, 11) is 0. The maximum Gasteiger partial charge on any atom is 0.138 e. The molecule has 1 unspecified atom stereocenters. The molecule has 0 amide bonds. The van der Waals surface area contributed by atoms with Gasteiger partial charge in [-0.15, -0.1) is 0 Å². The molecule has 3 rings (SSSR count). The highest BCUT2D eigenvalue weighted by atomic mass is 16.5. The highest BCUT2D eigenvalue weighted by molar-refractivity contribution is 5.16. The van der Waals surface area contributed by atoms with Crippen LogP contribution < -0.4 is 5.32 Å². The Morgan fingerprint density at radius 2 is 2.36 bits per heavy atom. The van der Waals surface area contributed by atoms with E-state index in [0.717, 1.165) is 18.7 Å². The molecule has 2 aliphatic rings. The maximum absolute atomic E-state index is 5.34. The van der Waals surface area contributed by atoms with Crippen LogP contribution in [0.5, 0.6) is 0 Å². The number of aromatic nitrogens is 1. The minimum atomic E-state index is 0.620. The Balaban J connectivity index is 1.64. The van der Waals surface area contributed by atoms with Crippen LogP contribution in [0.3, 0.4) is 0 Å². The van der Waals surface area contributed by atoms with Crippen molar-refractivity contribution in [3.8, 4) is 0 Å².